The zero-order valence-corrected chi connectivity index (χ0v) is 6.60. The number of rotatable bonds is 2. The predicted molar refractivity (Wildman–Crippen MR) is 40.3 cm³/mol. The maximum absolute atomic E-state index is 9.41. The van der Waals surface area contributed by atoms with Crippen LogP contribution in [0.1, 0.15) is 20.8 Å². The minimum atomic E-state index is -0.998. The summed E-state index contributed by atoms with van der Waals surface area (Å²) in [4.78, 5) is 0. The molecule has 0 aliphatic heterocycles. The lowest BCUT2D eigenvalue weighted by Gasteiger charge is -2.34. The fourth-order valence-corrected chi connectivity index (χ4v) is 0.433. The van der Waals surface area contributed by atoms with E-state index in [0.29, 0.717) is 6.32 Å². The van der Waals surface area contributed by atoms with Crippen LogP contribution in [0, 0.1) is 0 Å². The Bertz CT molecular complexity index is 93.7. The number of aliphatic hydroxyl groups is 2. The topological polar surface area (TPSA) is 40.5 Å². The highest BCUT2D eigenvalue weighted by Gasteiger charge is 2.35. The van der Waals surface area contributed by atoms with Crippen LogP contribution in [0.3, 0.4) is 0 Å². The highest BCUT2D eigenvalue weighted by atomic mass is 16.3. The largest absolute Gasteiger partial charge is 0.388 e. The monoisotopic (exact) mass is 130 g/mol. The third kappa shape index (κ3) is 1.99. The van der Waals surface area contributed by atoms with Crippen LogP contribution < -0.4 is 0 Å². The van der Waals surface area contributed by atoms with Gasteiger partial charge in [0, 0.05) is 0 Å². The zero-order chi connectivity index (χ0) is 7.71. The molecule has 0 heterocycles. The summed E-state index contributed by atoms with van der Waals surface area (Å²) < 4.78 is 0. The summed E-state index contributed by atoms with van der Waals surface area (Å²) in [5.41, 5.74) is -1.96. The van der Waals surface area contributed by atoms with E-state index >= 15 is 0 Å². The van der Waals surface area contributed by atoms with Gasteiger partial charge in [0.25, 0.3) is 0 Å². The van der Waals surface area contributed by atoms with Crippen molar-refractivity contribution in [3.05, 3.63) is 0 Å². The van der Waals surface area contributed by atoms with Crippen molar-refractivity contribution < 1.29 is 10.2 Å². The summed E-state index contributed by atoms with van der Waals surface area (Å²) >= 11 is 0. The van der Waals surface area contributed by atoms with Gasteiger partial charge in [-0.05, 0) is 20.8 Å². The first-order valence-electron chi connectivity index (χ1n) is 3.26. The molecule has 0 fully saturated rings. The lowest BCUT2D eigenvalue weighted by Crippen LogP contribution is -2.47. The lowest BCUT2D eigenvalue weighted by atomic mass is 9.77. The molecule has 0 aromatic carbocycles. The molecule has 0 amide bonds. The van der Waals surface area contributed by atoms with E-state index in [1.807, 2.05) is 7.85 Å². The average molecular weight is 130 g/mol. The molecule has 0 saturated carbocycles. The summed E-state index contributed by atoms with van der Waals surface area (Å²) in [6, 6.07) is 0. The van der Waals surface area contributed by atoms with Crippen molar-refractivity contribution >= 4 is 7.85 Å². The summed E-state index contributed by atoms with van der Waals surface area (Å²) in [6.07, 6.45) is 0.566. The van der Waals surface area contributed by atoms with Crippen LogP contribution in [0.4, 0.5) is 0 Å². The molecule has 2 N–H and O–H groups in total. The SMILES string of the molecule is BCC(C)(O)C(C)(C)O. The highest BCUT2D eigenvalue weighted by molar-refractivity contribution is 6.09. The van der Waals surface area contributed by atoms with Crippen LogP contribution in [-0.4, -0.2) is 29.3 Å². The van der Waals surface area contributed by atoms with Crippen molar-refractivity contribution in [2.24, 2.45) is 0 Å². The fourth-order valence-electron chi connectivity index (χ4n) is 0.433. The van der Waals surface area contributed by atoms with Crippen LogP contribution >= 0.6 is 0 Å². The van der Waals surface area contributed by atoms with E-state index in [1.54, 1.807) is 20.8 Å². The maximum atomic E-state index is 9.41. The first-order chi connectivity index (χ1) is 3.81. The Morgan fingerprint density at radius 1 is 1.22 bits per heavy atom. The maximum Gasteiger partial charge on any atom is 0.105 e. The van der Waals surface area contributed by atoms with Crippen molar-refractivity contribution in [1.82, 2.24) is 0 Å². The van der Waals surface area contributed by atoms with Gasteiger partial charge in [-0.2, -0.15) is 0 Å². The summed E-state index contributed by atoms with van der Waals surface area (Å²) in [5, 5.41) is 18.7. The molecule has 3 heteroatoms. The second kappa shape index (κ2) is 2.31. The van der Waals surface area contributed by atoms with Gasteiger partial charge in [0.05, 0.1) is 11.2 Å². The van der Waals surface area contributed by atoms with Gasteiger partial charge < -0.3 is 10.2 Å². The Kier molecular flexibility index (Phi) is 2.31. The molecule has 0 aromatic rings. The molecule has 0 rings (SSSR count). The average Bonchev–Trinajstić information content (AvgIpc) is 1.64. The molecule has 0 bridgehead atoms. The Labute approximate surface area is 57.3 Å². The van der Waals surface area contributed by atoms with E-state index in [1.165, 1.54) is 0 Å². The molecular weight excluding hydrogens is 115 g/mol. The summed E-state index contributed by atoms with van der Waals surface area (Å²) in [7, 11) is 1.85. The third-order valence-electron chi connectivity index (χ3n) is 2.01. The Hall–Kier alpha value is -0.0151. The molecule has 0 saturated heterocycles. The predicted octanol–water partition coefficient (Wildman–Crippen LogP) is -0.440. The normalized spacial score (nSPS) is 19.2. The van der Waals surface area contributed by atoms with E-state index in [4.69, 9.17) is 0 Å². The van der Waals surface area contributed by atoms with Crippen LogP contribution in [-0.2, 0) is 0 Å². The van der Waals surface area contributed by atoms with E-state index < -0.39 is 11.2 Å². The van der Waals surface area contributed by atoms with Crippen molar-refractivity contribution in [1.29, 1.82) is 0 Å². The van der Waals surface area contributed by atoms with Crippen LogP contribution in [0.2, 0.25) is 6.32 Å². The number of hydrogen-bond donors (Lipinski definition) is 2. The fraction of sp³-hybridized carbons (Fsp3) is 1.00. The molecule has 54 valence electrons. The smallest absolute Gasteiger partial charge is 0.105 e. The molecule has 0 aliphatic rings. The van der Waals surface area contributed by atoms with E-state index in [2.05, 4.69) is 0 Å². The molecule has 0 aliphatic carbocycles. The van der Waals surface area contributed by atoms with Gasteiger partial charge in [-0.25, -0.2) is 0 Å². The van der Waals surface area contributed by atoms with Crippen LogP contribution in [0.25, 0.3) is 0 Å². The van der Waals surface area contributed by atoms with E-state index in [0.717, 1.165) is 0 Å². The summed E-state index contributed by atoms with van der Waals surface area (Å²) in [5.74, 6) is 0. The van der Waals surface area contributed by atoms with Crippen molar-refractivity contribution in [2.75, 3.05) is 0 Å². The van der Waals surface area contributed by atoms with Gasteiger partial charge in [0.15, 0.2) is 0 Å². The second-order valence-corrected chi connectivity index (χ2v) is 3.19. The van der Waals surface area contributed by atoms with Crippen molar-refractivity contribution in [3.8, 4) is 0 Å². The first kappa shape index (κ1) is 8.98. The standard InChI is InChI=1S/C6H15BO2/c1-5(2,8)6(3,9)4-7/h8-9H,4,7H2,1-3H3. The minimum absolute atomic E-state index is 0.566. The Morgan fingerprint density at radius 2 is 1.56 bits per heavy atom. The molecule has 9 heavy (non-hydrogen) atoms. The first-order valence-corrected chi connectivity index (χ1v) is 3.26. The molecule has 0 radical (unpaired) electrons. The minimum Gasteiger partial charge on any atom is -0.388 e. The molecule has 0 spiro atoms. The van der Waals surface area contributed by atoms with Crippen LogP contribution in [0.5, 0.6) is 0 Å². The van der Waals surface area contributed by atoms with E-state index in [9.17, 15) is 10.2 Å². The molecule has 1 unspecified atom stereocenters. The molecule has 1 atom stereocenters. The van der Waals surface area contributed by atoms with Gasteiger partial charge in [0.1, 0.15) is 7.85 Å². The van der Waals surface area contributed by atoms with Gasteiger partial charge in [-0.15, -0.1) is 0 Å². The molecular formula is C6H15BO2. The Balaban J connectivity index is 4.14. The molecule has 0 aromatic heterocycles. The van der Waals surface area contributed by atoms with Gasteiger partial charge in [0.2, 0.25) is 0 Å². The third-order valence-corrected chi connectivity index (χ3v) is 2.01. The number of hydrogen-bond acceptors (Lipinski definition) is 2. The second-order valence-electron chi connectivity index (χ2n) is 3.19. The van der Waals surface area contributed by atoms with Crippen molar-refractivity contribution in [2.45, 2.75) is 38.3 Å². The quantitative estimate of drug-likeness (QED) is 0.497. The Morgan fingerprint density at radius 3 is 1.56 bits per heavy atom. The van der Waals surface area contributed by atoms with Gasteiger partial charge in [-0.3, -0.25) is 0 Å². The lowest BCUT2D eigenvalue weighted by molar-refractivity contribution is -0.107. The molecule has 2 nitrogen and oxygen atoms in total. The van der Waals surface area contributed by atoms with Gasteiger partial charge in [-0.1, -0.05) is 6.32 Å². The highest BCUT2D eigenvalue weighted by Crippen LogP contribution is 2.23. The van der Waals surface area contributed by atoms with E-state index in [-0.39, 0.29) is 0 Å². The summed E-state index contributed by atoms with van der Waals surface area (Å²) in [6.45, 7) is 4.85. The van der Waals surface area contributed by atoms with Crippen molar-refractivity contribution in [3.63, 3.8) is 0 Å². The van der Waals surface area contributed by atoms with Crippen LogP contribution in [0.15, 0.2) is 0 Å². The van der Waals surface area contributed by atoms with Gasteiger partial charge >= 0.3 is 0 Å². The zero-order valence-electron chi connectivity index (χ0n) is 6.60.